The Morgan fingerprint density at radius 3 is 2.24 bits per heavy atom. The van der Waals surface area contributed by atoms with E-state index in [4.69, 9.17) is 11.5 Å². The zero-order valence-corrected chi connectivity index (χ0v) is 12.3. The Hall–Kier alpha value is -2.17. The molecule has 1 aliphatic carbocycles. The van der Waals surface area contributed by atoms with E-state index >= 15 is 0 Å². The van der Waals surface area contributed by atoms with Gasteiger partial charge in [0.2, 0.25) is 5.95 Å². The van der Waals surface area contributed by atoms with Crippen LogP contribution in [0.15, 0.2) is 24.3 Å². The first-order valence-corrected chi connectivity index (χ1v) is 7.45. The van der Waals surface area contributed by atoms with Gasteiger partial charge >= 0.3 is 0 Å². The molecule has 3 rings (SSSR count). The molecule has 0 bridgehead atoms. The molecule has 0 amide bonds. The van der Waals surface area contributed by atoms with E-state index in [0.717, 1.165) is 18.5 Å². The van der Waals surface area contributed by atoms with Crippen molar-refractivity contribution in [3.05, 3.63) is 41.1 Å². The van der Waals surface area contributed by atoms with E-state index < -0.39 is 0 Å². The number of hydrogen-bond acceptors (Lipinski definition) is 5. The Bertz CT molecular complexity index is 630. The Kier molecular flexibility index (Phi) is 3.49. The second-order valence-corrected chi connectivity index (χ2v) is 5.91. The quantitative estimate of drug-likeness (QED) is 0.884. The van der Waals surface area contributed by atoms with Gasteiger partial charge in [-0.25, -0.2) is 0 Å². The van der Waals surface area contributed by atoms with Gasteiger partial charge in [-0.1, -0.05) is 49.1 Å². The van der Waals surface area contributed by atoms with Crippen LogP contribution < -0.4 is 11.5 Å². The van der Waals surface area contributed by atoms with Gasteiger partial charge in [0.1, 0.15) is 5.69 Å². The summed E-state index contributed by atoms with van der Waals surface area (Å²) in [7, 11) is 0. The molecule has 1 fully saturated rings. The van der Waals surface area contributed by atoms with Crippen molar-refractivity contribution >= 4 is 11.8 Å². The van der Waals surface area contributed by atoms with Crippen LogP contribution in [0.1, 0.15) is 48.9 Å². The molecule has 110 valence electrons. The Labute approximate surface area is 124 Å². The van der Waals surface area contributed by atoms with Crippen LogP contribution in [0.2, 0.25) is 0 Å². The van der Waals surface area contributed by atoms with Crippen molar-refractivity contribution in [3.8, 4) is 0 Å². The van der Waals surface area contributed by atoms with Gasteiger partial charge in [0.05, 0.1) is 0 Å². The average Bonchev–Trinajstić information content (AvgIpc) is 2.48. The second-order valence-electron chi connectivity index (χ2n) is 5.91. The van der Waals surface area contributed by atoms with E-state index in [2.05, 4.69) is 46.4 Å². The largest absolute Gasteiger partial charge is 0.382 e. The summed E-state index contributed by atoms with van der Waals surface area (Å²) in [6.45, 7) is 2.09. The summed E-state index contributed by atoms with van der Waals surface area (Å²) in [5.41, 5.74) is 14.8. The van der Waals surface area contributed by atoms with Crippen molar-refractivity contribution < 1.29 is 0 Å². The van der Waals surface area contributed by atoms with Crippen LogP contribution in [0.5, 0.6) is 0 Å². The highest BCUT2D eigenvalue weighted by Crippen LogP contribution is 2.45. The van der Waals surface area contributed by atoms with Crippen molar-refractivity contribution in [3.63, 3.8) is 0 Å². The molecule has 1 heterocycles. The first-order valence-electron chi connectivity index (χ1n) is 7.45. The molecule has 5 heteroatoms. The number of rotatable bonds is 2. The van der Waals surface area contributed by atoms with Crippen molar-refractivity contribution in [1.29, 1.82) is 0 Å². The predicted octanol–water partition coefficient (Wildman–Crippen LogP) is 2.59. The highest BCUT2D eigenvalue weighted by atomic mass is 15.2. The van der Waals surface area contributed by atoms with Crippen molar-refractivity contribution in [2.24, 2.45) is 0 Å². The summed E-state index contributed by atoms with van der Waals surface area (Å²) in [4.78, 5) is 4.12. The summed E-state index contributed by atoms with van der Waals surface area (Å²) in [6.07, 6.45) is 5.64. The number of nitrogen functional groups attached to an aromatic ring is 2. The van der Waals surface area contributed by atoms with Crippen LogP contribution in [0.25, 0.3) is 0 Å². The lowest BCUT2D eigenvalue weighted by molar-refractivity contribution is 0.336. The molecule has 0 aliphatic heterocycles. The average molecular weight is 283 g/mol. The summed E-state index contributed by atoms with van der Waals surface area (Å²) in [5, 5.41) is 8.25. The second kappa shape index (κ2) is 5.31. The smallest absolute Gasteiger partial charge is 0.242 e. The normalized spacial score (nSPS) is 17.6. The topological polar surface area (TPSA) is 90.7 Å². The minimum Gasteiger partial charge on any atom is -0.382 e. The van der Waals surface area contributed by atoms with Crippen molar-refractivity contribution in [2.45, 2.75) is 44.4 Å². The minimum atomic E-state index is -0.177. The van der Waals surface area contributed by atoms with Crippen LogP contribution in [-0.2, 0) is 5.41 Å². The molecule has 2 aromatic rings. The lowest BCUT2D eigenvalue weighted by Crippen LogP contribution is -2.33. The van der Waals surface area contributed by atoms with E-state index in [1.54, 1.807) is 0 Å². The highest BCUT2D eigenvalue weighted by Gasteiger charge is 2.39. The Morgan fingerprint density at radius 1 is 0.952 bits per heavy atom. The monoisotopic (exact) mass is 283 g/mol. The molecule has 0 saturated heterocycles. The van der Waals surface area contributed by atoms with Gasteiger partial charge in [0.25, 0.3) is 0 Å². The van der Waals surface area contributed by atoms with E-state index in [1.807, 2.05) is 0 Å². The molecule has 4 N–H and O–H groups in total. The fourth-order valence-corrected chi connectivity index (χ4v) is 3.38. The fraction of sp³-hybridized carbons (Fsp3) is 0.438. The third kappa shape index (κ3) is 2.44. The van der Waals surface area contributed by atoms with Gasteiger partial charge < -0.3 is 11.5 Å². The SMILES string of the molecule is Cc1ccc(C2(c3nnc(N)nc3N)CCCCC2)cc1. The maximum atomic E-state index is 6.11. The Morgan fingerprint density at radius 2 is 1.62 bits per heavy atom. The van der Waals surface area contributed by atoms with Crippen LogP contribution in [0.3, 0.4) is 0 Å². The molecule has 1 aliphatic rings. The van der Waals surface area contributed by atoms with Gasteiger partial charge in [-0.3, -0.25) is 0 Å². The molecule has 21 heavy (non-hydrogen) atoms. The zero-order chi connectivity index (χ0) is 14.9. The van der Waals surface area contributed by atoms with E-state index in [9.17, 15) is 0 Å². The van der Waals surface area contributed by atoms with Crippen molar-refractivity contribution in [1.82, 2.24) is 15.2 Å². The molecular formula is C16H21N5. The summed E-state index contributed by atoms with van der Waals surface area (Å²) in [6, 6.07) is 8.64. The van der Waals surface area contributed by atoms with Gasteiger partial charge in [0, 0.05) is 5.41 Å². The summed E-state index contributed by atoms with van der Waals surface area (Å²) >= 11 is 0. The minimum absolute atomic E-state index is 0.131. The first-order chi connectivity index (χ1) is 10.1. The lowest BCUT2D eigenvalue weighted by atomic mass is 9.67. The highest BCUT2D eigenvalue weighted by molar-refractivity contribution is 5.48. The van der Waals surface area contributed by atoms with Crippen LogP contribution in [0.4, 0.5) is 11.8 Å². The van der Waals surface area contributed by atoms with Gasteiger partial charge in [0.15, 0.2) is 5.82 Å². The molecular weight excluding hydrogens is 262 g/mol. The molecule has 0 unspecified atom stereocenters. The van der Waals surface area contributed by atoms with Gasteiger partial charge in [-0.2, -0.15) is 4.98 Å². The fourth-order valence-electron chi connectivity index (χ4n) is 3.38. The number of aryl methyl sites for hydroxylation is 1. The molecule has 0 radical (unpaired) electrons. The third-order valence-corrected chi connectivity index (χ3v) is 4.49. The standard InChI is InChI=1S/C16H21N5/c1-11-5-7-12(8-6-11)16(9-3-2-4-10-16)13-14(17)19-15(18)21-20-13/h5-8H,2-4,9-10H2,1H3,(H4,17,18,19,21). The maximum absolute atomic E-state index is 6.11. The number of aromatic nitrogens is 3. The van der Waals surface area contributed by atoms with E-state index in [0.29, 0.717) is 5.82 Å². The van der Waals surface area contributed by atoms with Crippen LogP contribution in [0, 0.1) is 6.92 Å². The number of nitrogens with zero attached hydrogens (tertiary/aromatic N) is 3. The molecule has 0 atom stereocenters. The number of hydrogen-bond donors (Lipinski definition) is 2. The number of nitrogens with two attached hydrogens (primary N) is 2. The number of benzene rings is 1. The first kappa shape index (κ1) is 13.8. The zero-order valence-electron chi connectivity index (χ0n) is 12.3. The lowest BCUT2D eigenvalue weighted by Gasteiger charge is -2.37. The molecule has 0 spiro atoms. The predicted molar refractivity (Wildman–Crippen MR) is 83.7 cm³/mol. The van der Waals surface area contributed by atoms with E-state index in [1.165, 1.54) is 30.4 Å². The number of anilines is 2. The van der Waals surface area contributed by atoms with E-state index in [-0.39, 0.29) is 11.4 Å². The Balaban J connectivity index is 2.14. The van der Waals surface area contributed by atoms with Crippen molar-refractivity contribution in [2.75, 3.05) is 11.5 Å². The molecule has 1 aromatic carbocycles. The van der Waals surface area contributed by atoms with Crippen LogP contribution in [-0.4, -0.2) is 15.2 Å². The summed E-state index contributed by atoms with van der Waals surface area (Å²) in [5.74, 6) is 0.538. The third-order valence-electron chi connectivity index (χ3n) is 4.49. The van der Waals surface area contributed by atoms with Gasteiger partial charge in [-0.05, 0) is 25.3 Å². The van der Waals surface area contributed by atoms with Crippen LogP contribution >= 0.6 is 0 Å². The molecule has 1 saturated carbocycles. The molecule has 5 nitrogen and oxygen atoms in total. The summed E-state index contributed by atoms with van der Waals surface area (Å²) < 4.78 is 0. The van der Waals surface area contributed by atoms with Gasteiger partial charge in [-0.15, -0.1) is 10.2 Å². The maximum Gasteiger partial charge on any atom is 0.242 e. The molecule has 1 aromatic heterocycles.